The Morgan fingerprint density at radius 1 is 1.18 bits per heavy atom. The van der Waals surface area contributed by atoms with E-state index in [1.807, 2.05) is 0 Å². The largest absolute Gasteiger partial charge is 0.271 e. The van der Waals surface area contributed by atoms with E-state index in [2.05, 4.69) is 55.0 Å². The Morgan fingerprint density at radius 3 is 2.41 bits per heavy atom. The molecule has 1 heterocycles. The van der Waals surface area contributed by atoms with Crippen molar-refractivity contribution in [1.29, 1.82) is 0 Å². The van der Waals surface area contributed by atoms with Crippen molar-refractivity contribution in [3.63, 3.8) is 0 Å². The van der Waals surface area contributed by atoms with E-state index < -0.39 is 0 Å². The normalized spacial score (nSPS) is 12.6. The summed E-state index contributed by atoms with van der Waals surface area (Å²) in [5, 5.41) is 2.09. The molecule has 90 valence electrons. The summed E-state index contributed by atoms with van der Waals surface area (Å²) in [5.41, 5.74) is 6.98. The van der Waals surface area contributed by atoms with E-state index in [0.717, 1.165) is 6.42 Å². The summed E-state index contributed by atoms with van der Waals surface area (Å²) < 4.78 is 0. The average molecular weight is 246 g/mol. The molecule has 0 saturated carbocycles. The summed E-state index contributed by atoms with van der Waals surface area (Å²) in [7, 11) is 0. The summed E-state index contributed by atoms with van der Waals surface area (Å²) in [4.78, 5) is 1.29. The molecule has 0 amide bonds. The van der Waals surface area contributed by atoms with Crippen molar-refractivity contribution in [3.05, 3.63) is 57.3 Å². The zero-order chi connectivity index (χ0) is 12.3. The molecular weight excluding hydrogens is 228 g/mol. The van der Waals surface area contributed by atoms with Gasteiger partial charge in [-0.05, 0) is 48.4 Å². The summed E-state index contributed by atoms with van der Waals surface area (Å²) in [5.74, 6) is 5.67. The zero-order valence-corrected chi connectivity index (χ0v) is 11.1. The first-order chi connectivity index (χ1) is 8.22. The number of nitrogens with one attached hydrogen (secondary N) is 1. The smallest absolute Gasteiger partial charge is 0.0593 e. The first kappa shape index (κ1) is 12.3. The van der Waals surface area contributed by atoms with Crippen molar-refractivity contribution in [2.24, 2.45) is 5.84 Å². The van der Waals surface area contributed by atoms with E-state index in [4.69, 9.17) is 5.84 Å². The highest BCUT2D eigenvalue weighted by Crippen LogP contribution is 2.25. The molecule has 0 aliphatic heterocycles. The van der Waals surface area contributed by atoms with Gasteiger partial charge >= 0.3 is 0 Å². The Kier molecular flexibility index (Phi) is 3.94. The second kappa shape index (κ2) is 5.45. The maximum Gasteiger partial charge on any atom is 0.0593 e. The SMILES string of the molecule is Cc1cccc(C)c1CC(NN)c1cccs1. The molecule has 2 nitrogen and oxygen atoms in total. The summed E-state index contributed by atoms with van der Waals surface area (Å²) in [6, 6.07) is 10.8. The predicted octanol–water partition coefficient (Wildman–Crippen LogP) is 3.11. The maximum absolute atomic E-state index is 5.67. The lowest BCUT2D eigenvalue weighted by Gasteiger charge is -2.17. The molecule has 0 aliphatic carbocycles. The quantitative estimate of drug-likeness (QED) is 0.642. The predicted molar refractivity (Wildman–Crippen MR) is 74.0 cm³/mol. The molecule has 0 radical (unpaired) electrons. The van der Waals surface area contributed by atoms with Crippen LogP contribution in [0, 0.1) is 13.8 Å². The van der Waals surface area contributed by atoms with Crippen LogP contribution >= 0.6 is 11.3 Å². The fourth-order valence-corrected chi connectivity index (χ4v) is 2.89. The fourth-order valence-electron chi connectivity index (χ4n) is 2.11. The van der Waals surface area contributed by atoms with Gasteiger partial charge in [0.2, 0.25) is 0 Å². The van der Waals surface area contributed by atoms with Crippen LogP contribution in [0.25, 0.3) is 0 Å². The molecular formula is C14H18N2S. The Labute approximate surface area is 106 Å². The fraction of sp³-hybridized carbons (Fsp3) is 0.286. The first-order valence-electron chi connectivity index (χ1n) is 5.77. The molecule has 17 heavy (non-hydrogen) atoms. The van der Waals surface area contributed by atoms with Gasteiger partial charge in [-0.1, -0.05) is 24.3 Å². The number of hydrogen-bond donors (Lipinski definition) is 2. The number of rotatable bonds is 4. The van der Waals surface area contributed by atoms with Gasteiger partial charge in [-0.2, -0.15) is 0 Å². The minimum absolute atomic E-state index is 0.204. The molecule has 0 fully saturated rings. The maximum atomic E-state index is 5.67. The minimum Gasteiger partial charge on any atom is -0.271 e. The van der Waals surface area contributed by atoms with Crippen LogP contribution in [0.2, 0.25) is 0 Å². The van der Waals surface area contributed by atoms with Crippen molar-refractivity contribution in [3.8, 4) is 0 Å². The van der Waals surface area contributed by atoms with Gasteiger partial charge in [0.15, 0.2) is 0 Å². The third-order valence-corrected chi connectivity index (χ3v) is 4.13. The van der Waals surface area contributed by atoms with E-state index in [1.54, 1.807) is 11.3 Å². The van der Waals surface area contributed by atoms with E-state index in [0.29, 0.717) is 0 Å². The Morgan fingerprint density at radius 2 is 1.88 bits per heavy atom. The number of hydrogen-bond acceptors (Lipinski definition) is 3. The highest BCUT2D eigenvalue weighted by Gasteiger charge is 2.13. The van der Waals surface area contributed by atoms with Crippen molar-refractivity contribution in [2.75, 3.05) is 0 Å². The topological polar surface area (TPSA) is 38.0 Å². The van der Waals surface area contributed by atoms with Crippen LogP contribution in [0.1, 0.15) is 27.6 Å². The Balaban J connectivity index is 2.25. The van der Waals surface area contributed by atoms with Crippen LogP contribution in [0.4, 0.5) is 0 Å². The summed E-state index contributed by atoms with van der Waals surface area (Å²) in [6.07, 6.45) is 0.940. The van der Waals surface area contributed by atoms with Crippen LogP contribution in [0.3, 0.4) is 0 Å². The number of hydrazine groups is 1. The molecule has 2 aromatic rings. The Hall–Kier alpha value is -1.16. The number of thiophene rings is 1. The number of nitrogens with two attached hydrogens (primary N) is 1. The molecule has 0 spiro atoms. The molecule has 0 aliphatic rings. The summed E-state index contributed by atoms with van der Waals surface area (Å²) in [6.45, 7) is 4.31. The van der Waals surface area contributed by atoms with Crippen LogP contribution in [0.15, 0.2) is 35.7 Å². The van der Waals surface area contributed by atoms with Crippen molar-refractivity contribution in [1.82, 2.24) is 5.43 Å². The second-order valence-corrected chi connectivity index (χ2v) is 5.29. The lowest BCUT2D eigenvalue weighted by atomic mass is 9.96. The first-order valence-corrected chi connectivity index (χ1v) is 6.65. The third-order valence-electron chi connectivity index (χ3n) is 3.14. The molecule has 1 aromatic heterocycles. The second-order valence-electron chi connectivity index (χ2n) is 4.31. The van der Waals surface area contributed by atoms with Crippen molar-refractivity contribution >= 4 is 11.3 Å². The van der Waals surface area contributed by atoms with Crippen molar-refractivity contribution in [2.45, 2.75) is 26.3 Å². The molecule has 0 saturated heterocycles. The average Bonchev–Trinajstić information content (AvgIpc) is 2.82. The van der Waals surface area contributed by atoms with Gasteiger partial charge in [0.05, 0.1) is 6.04 Å². The van der Waals surface area contributed by atoms with E-state index in [1.165, 1.54) is 21.6 Å². The molecule has 3 N–H and O–H groups in total. The lowest BCUT2D eigenvalue weighted by molar-refractivity contribution is 0.558. The lowest BCUT2D eigenvalue weighted by Crippen LogP contribution is -2.29. The van der Waals surface area contributed by atoms with E-state index in [-0.39, 0.29) is 6.04 Å². The number of aryl methyl sites for hydroxylation is 2. The summed E-state index contributed by atoms with van der Waals surface area (Å²) >= 11 is 1.74. The van der Waals surface area contributed by atoms with Crippen LogP contribution in [-0.2, 0) is 6.42 Å². The van der Waals surface area contributed by atoms with Gasteiger partial charge in [0.1, 0.15) is 0 Å². The van der Waals surface area contributed by atoms with Crippen LogP contribution in [-0.4, -0.2) is 0 Å². The van der Waals surface area contributed by atoms with Gasteiger partial charge in [-0.3, -0.25) is 11.3 Å². The molecule has 1 aromatic carbocycles. The molecule has 1 atom stereocenters. The van der Waals surface area contributed by atoms with Gasteiger partial charge < -0.3 is 0 Å². The van der Waals surface area contributed by atoms with Crippen LogP contribution < -0.4 is 11.3 Å². The molecule has 3 heteroatoms. The highest BCUT2D eigenvalue weighted by atomic mass is 32.1. The van der Waals surface area contributed by atoms with Gasteiger partial charge in [-0.15, -0.1) is 11.3 Å². The zero-order valence-electron chi connectivity index (χ0n) is 10.2. The monoisotopic (exact) mass is 246 g/mol. The van der Waals surface area contributed by atoms with Gasteiger partial charge in [0.25, 0.3) is 0 Å². The number of benzene rings is 1. The van der Waals surface area contributed by atoms with E-state index >= 15 is 0 Å². The molecule has 0 bridgehead atoms. The van der Waals surface area contributed by atoms with E-state index in [9.17, 15) is 0 Å². The Bertz CT molecular complexity index is 457. The third kappa shape index (κ3) is 2.75. The standard InChI is InChI=1S/C14H18N2S/c1-10-5-3-6-11(2)12(10)9-13(16-15)14-7-4-8-17-14/h3-8,13,16H,9,15H2,1-2H3. The van der Waals surface area contributed by atoms with Gasteiger partial charge in [-0.25, -0.2) is 0 Å². The molecule has 2 rings (SSSR count). The minimum atomic E-state index is 0.204. The highest BCUT2D eigenvalue weighted by molar-refractivity contribution is 7.10. The van der Waals surface area contributed by atoms with Crippen LogP contribution in [0.5, 0.6) is 0 Å². The van der Waals surface area contributed by atoms with Crippen molar-refractivity contribution < 1.29 is 0 Å². The van der Waals surface area contributed by atoms with Gasteiger partial charge in [0, 0.05) is 4.88 Å². The molecule has 1 unspecified atom stereocenters.